The molecule has 6 heteroatoms. The highest BCUT2D eigenvalue weighted by atomic mass is 16.4. The molecule has 1 aromatic heterocycles. The van der Waals surface area contributed by atoms with Crippen molar-refractivity contribution >= 4 is 5.97 Å². The quantitative estimate of drug-likeness (QED) is 0.796. The largest absolute Gasteiger partial charge is 0.476 e. The third-order valence-corrected chi connectivity index (χ3v) is 3.11. The molecule has 0 bridgehead atoms. The molecule has 0 atom stereocenters. The fraction of sp³-hybridized carbons (Fsp3) is 0.700. The van der Waals surface area contributed by atoms with Gasteiger partial charge in [-0.15, -0.1) is 5.10 Å². The van der Waals surface area contributed by atoms with Gasteiger partial charge in [0.1, 0.15) is 0 Å². The molecule has 1 heterocycles. The molecule has 1 aromatic rings. The van der Waals surface area contributed by atoms with E-state index in [9.17, 15) is 4.79 Å². The van der Waals surface area contributed by atoms with Crippen LogP contribution in [-0.2, 0) is 6.54 Å². The first-order chi connectivity index (χ1) is 7.74. The molecule has 1 fully saturated rings. The van der Waals surface area contributed by atoms with Gasteiger partial charge in [-0.2, -0.15) is 0 Å². The number of nitrogens with zero attached hydrogens (tertiary/aromatic N) is 3. The van der Waals surface area contributed by atoms with E-state index in [2.05, 4.69) is 10.3 Å². The van der Waals surface area contributed by atoms with Crippen molar-refractivity contribution in [2.75, 3.05) is 0 Å². The van der Waals surface area contributed by atoms with Crippen molar-refractivity contribution in [3.8, 4) is 0 Å². The summed E-state index contributed by atoms with van der Waals surface area (Å²) in [6, 6.07) is 0.271. The Morgan fingerprint density at radius 3 is 2.69 bits per heavy atom. The third kappa shape index (κ3) is 1.92. The monoisotopic (exact) mass is 224 g/mol. The molecule has 0 amide bonds. The molecule has 6 nitrogen and oxygen atoms in total. The van der Waals surface area contributed by atoms with Crippen LogP contribution in [0.2, 0.25) is 0 Å². The average molecular weight is 224 g/mol. The average Bonchev–Trinajstić information content (AvgIpc) is 2.73. The van der Waals surface area contributed by atoms with Crippen LogP contribution in [0.5, 0.6) is 0 Å². The first-order valence-corrected chi connectivity index (χ1v) is 5.61. The number of aromatic carboxylic acids is 1. The highest BCUT2D eigenvalue weighted by Crippen LogP contribution is 2.28. The number of nitrogens with two attached hydrogens (primary N) is 1. The Bertz CT molecular complexity index is 382. The van der Waals surface area contributed by atoms with Gasteiger partial charge in [0.25, 0.3) is 0 Å². The molecule has 0 unspecified atom stereocenters. The van der Waals surface area contributed by atoms with Crippen molar-refractivity contribution in [1.29, 1.82) is 0 Å². The Balaban J connectivity index is 2.29. The molecule has 1 saturated carbocycles. The molecule has 2 rings (SSSR count). The third-order valence-electron chi connectivity index (χ3n) is 3.11. The maximum Gasteiger partial charge on any atom is 0.358 e. The van der Waals surface area contributed by atoms with Crippen molar-refractivity contribution < 1.29 is 9.90 Å². The molecule has 0 radical (unpaired) electrons. The molecule has 88 valence electrons. The minimum atomic E-state index is -1.05. The van der Waals surface area contributed by atoms with E-state index in [1.165, 1.54) is 6.42 Å². The van der Waals surface area contributed by atoms with Crippen molar-refractivity contribution in [2.24, 2.45) is 5.73 Å². The molecule has 1 aliphatic rings. The van der Waals surface area contributed by atoms with Crippen LogP contribution in [0.4, 0.5) is 0 Å². The Hall–Kier alpha value is -1.43. The summed E-state index contributed by atoms with van der Waals surface area (Å²) in [5, 5.41) is 16.6. The second-order valence-corrected chi connectivity index (χ2v) is 4.13. The van der Waals surface area contributed by atoms with Crippen LogP contribution < -0.4 is 5.73 Å². The van der Waals surface area contributed by atoms with Gasteiger partial charge in [0, 0.05) is 6.54 Å². The maximum absolute atomic E-state index is 10.9. The second kappa shape index (κ2) is 4.61. The zero-order valence-corrected chi connectivity index (χ0v) is 9.09. The number of carboxylic acids is 1. The van der Waals surface area contributed by atoms with E-state index in [1.54, 1.807) is 4.68 Å². The van der Waals surface area contributed by atoms with E-state index >= 15 is 0 Å². The van der Waals surface area contributed by atoms with E-state index in [-0.39, 0.29) is 18.3 Å². The summed E-state index contributed by atoms with van der Waals surface area (Å²) in [7, 11) is 0. The molecule has 0 saturated heterocycles. The summed E-state index contributed by atoms with van der Waals surface area (Å²) in [4.78, 5) is 10.9. The van der Waals surface area contributed by atoms with Gasteiger partial charge in [-0.1, -0.05) is 24.5 Å². The van der Waals surface area contributed by atoms with Gasteiger partial charge in [0.05, 0.1) is 11.7 Å². The predicted molar refractivity (Wildman–Crippen MR) is 57.0 cm³/mol. The van der Waals surface area contributed by atoms with E-state index in [1.807, 2.05) is 0 Å². The summed E-state index contributed by atoms with van der Waals surface area (Å²) in [6.07, 6.45) is 5.65. The summed E-state index contributed by atoms with van der Waals surface area (Å²) in [6.45, 7) is 0.172. The zero-order valence-electron chi connectivity index (χ0n) is 9.09. The van der Waals surface area contributed by atoms with Crippen LogP contribution in [0.25, 0.3) is 0 Å². The lowest BCUT2D eigenvalue weighted by atomic mass is 9.95. The smallest absolute Gasteiger partial charge is 0.358 e. The SMILES string of the molecule is NCc1c(C(=O)O)nnn1C1CCCCC1. The number of carbonyl (C=O) groups is 1. The van der Waals surface area contributed by atoms with Crippen molar-refractivity contribution in [3.63, 3.8) is 0 Å². The zero-order chi connectivity index (χ0) is 11.5. The van der Waals surface area contributed by atoms with Crippen LogP contribution in [0.1, 0.15) is 54.3 Å². The highest BCUT2D eigenvalue weighted by molar-refractivity contribution is 5.86. The van der Waals surface area contributed by atoms with Crippen molar-refractivity contribution in [1.82, 2.24) is 15.0 Å². The molecule has 3 N–H and O–H groups in total. The van der Waals surface area contributed by atoms with Crippen molar-refractivity contribution in [3.05, 3.63) is 11.4 Å². The number of carboxylic acid groups (broad SMARTS) is 1. The Labute approximate surface area is 93.4 Å². The van der Waals surface area contributed by atoms with Crippen LogP contribution in [0.3, 0.4) is 0 Å². The molecular weight excluding hydrogens is 208 g/mol. The van der Waals surface area contributed by atoms with Gasteiger partial charge in [-0.3, -0.25) is 0 Å². The minimum absolute atomic E-state index is 0.00641. The Morgan fingerprint density at radius 2 is 2.12 bits per heavy atom. The number of hydrogen-bond donors (Lipinski definition) is 2. The second-order valence-electron chi connectivity index (χ2n) is 4.13. The van der Waals surface area contributed by atoms with Gasteiger partial charge < -0.3 is 10.8 Å². The molecular formula is C10H16N4O2. The predicted octanol–water partition coefficient (Wildman–Crippen LogP) is 0.940. The van der Waals surface area contributed by atoms with Gasteiger partial charge in [-0.25, -0.2) is 9.48 Å². The Morgan fingerprint density at radius 1 is 1.44 bits per heavy atom. The lowest BCUT2D eigenvalue weighted by Crippen LogP contribution is -2.19. The normalized spacial score (nSPS) is 17.6. The van der Waals surface area contributed by atoms with Gasteiger partial charge in [0.15, 0.2) is 5.69 Å². The Kier molecular flexibility index (Phi) is 3.19. The molecule has 1 aliphatic carbocycles. The van der Waals surface area contributed by atoms with Crippen molar-refractivity contribution in [2.45, 2.75) is 44.7 Å². The fourth-order valence-electron chi connectivity index (χ4n) is 2.29. The number of aromatic nitrogens is 3. The van der Waals surface area contributed by atoms with Crippen LogP contribution in [0, 0.1) is 0 Å². The summed E-state index contributed by atoms with van der Waals surface area (Å²) in [5.74, 6) is -1.05. The number of rotatable bonds is 3. The summed E-state index contributed by atoms with van der Waals surface area (Å²) in [5.41, 5.74) is 6.11. The summed E-state index contributed by atoms with van der Waals surface area (Å²) < 4.78 is 1.71. The maximum atomic E-state index is 10.9. The highest BCUT2D eigenvalue weighted by Gasteiger charge is 2.23. The van der Waals surface area contributed by atoms with E-state index < -0.39 is 5.97 Å². The topological polar surface area (TPSA) is 94.0 Å². The standard InChI is InChI=1S/C10H16N4O2/c11-6-8-9(10(15)16)12-13-14(8)7-4-2-1-3-5-7/h7H,1-6,11H2,(H,15,16). The molecule has 0 aliphatic heterocycles. The van der Waals surface area contributed by atoms with E-state index in [0.717, 1.165) is 25.7 Å². The molecule has 0 spiro atoms. The minimum Gasteiger partial charge on any atom is -0.476 e. The van der Waals surface area contributed by atoms with Crippen LogP contribution in [0.15, 0.2) is 0 Å². The van der Waals surface area contributed by atoms with Gasteiger partial charge in [0.2, 0.25) is 0 Å². The first-order valence-electron chi connectivity index (χ1n) is 5.61. The lowest BCUT2D eigenvalue weighted by Gasteiger charge is -2.22. The number of hydrogen-bond acceptors (Lipinski definition) is 4. The fourth-order valence-corrected chi connectivity index (χ4v) is 2.29. The van der Waals surface area contributed by atoms with Gasteiger partial charge >= 0.3 is 5.97 Å². The molecule has 0 aromatic carbocycles. The van der Waals surface area contributed by atoms with Gasteiger partial charge in [-0.05, 0) is 12.8 Å². The van der Waals surface area contributed by atoms with E-state index in [0.29, 0.717) is 5.69 Å². The summed E-state index contributed by atoms with van der Waals surface area (Å²) >= 11 is 0. The van der Waals surface area contributed by atoms with Crippen LogP contribution in [-0.4, -0.2) is 26.1 Å². The van der Waals surface area contributed by atoms with E-state index in [4.69, 9.17) is 10.8 Å². The lowest BCUT2D eigenvalue weighted by molar-refractivity contribution is 0.0689. The first kappa shape index (κ1) is 11.1. The van der Waals surface area contributed by atoms with Crippen LogP contribution >= 0.6 is 0 Å². The molecule has 16 heavy (non-hydrogen) atoms.